The minimum atomic E-state index is -0.498. The van der Waals surface area contributed by atoms with Crippen LogP contribution in [0.2, 0.25) is 0 Å². The van der Waals surface area contributed by atoms with Gasteiger partial charge in [0.1, 0.15) is 0 Å². The highest BCUT2D eigenvalue weighted by molar-refractivity contribution is 6.07. The van der Waals surface area contributed by atoms with E-state index in [0.717, 1.165) is 16.6 Å². The maximum atomic E-state index is 11.7. The molecule has 1 aromatic heterocycles. The summed E-state index contributed by atoms with van der Waals surface area (Å²) < 4.78 is 10.8. The summed E-state index contributed by atoms with van der Waals surface area (Å²) in [6.45, 7) is 0.675. The Morgan fingerprint density at radius 1 is 1.14 bits per heavy atom. The number of benzene rings is 2. The van der Waals surface area contributed by atoms with E-state index in [4.69, 9.17) is 15.2 Å². The average Bonchev–Trinajstić information content (AvgIpc) is 2.72. The maximum Gasteiger partial charge on any atom is 0.250 e. The third-order valence-electron chi connectivity index (χ3n) is 4.58. The summed E-state index contributed by atoms with van der Waals surface area (Å²) in [5.74, 6) is 0.843. The zero-order chi connectivity index (χ0) is 20.1. The number of methoxy groups -OCH3 is 2. The van der Waals surface area contributed by atoms with Gasteiger partial charge in [-0.1, -0.05) is 18.2 Å². The first-order valence-corrected chi connectivity index (χ1v) is 8.89. The van der Waals surface area contributed by atoms with Gasteiger partial charge in [-0.15, -0.1) is 0 Å². The second-order valence-electron chi connectivity index (χ2n) is 6.29. The molecule has 3 rings (SSSR count). The first-order chi connectivity index (χ1) is 13.6. The molecule has 1 heterocycles. The van der Waals surface area contributed by atoms with Crippen LogP contribution in [0.15, 0.2) is 48.7 Å². The Balaban J connectivity index is 2.02. The van der Waals surface area contributed by atoms with Crippen LogP contribution in [0, 0.1) is 0 Å². The minimum Gasteiger partial charge on any atom is -0.493 e. The molecule has 0 saturated carbocycles. The van der Waals surface area contributed by atoms with Crippen LogP contribution >= 0.6 is 0 Å². The van der Waals surface area contributed by atoms with E-state index in [2.05, 4.69) is 15.6 Å². The predicted octanol–water partition coefficient (Wildman–Crippen LogP) is 2.72. The Labute approximate surface area is 163 Å². The van der Waals surface area contributed by atoms with E-state index in [1.165, 1.54) is 0 Å². The second-order valence-corrected chi connectivity index (χ2v) is 6.29. The molecule has 28 heavy (non-hydrogen) atoms. The van der Waals surface area contributed by atoms with E-state index in [1.807, 2.05) is 37.4 Å². The fourth-order valence-corrected chi connectivity index (χ4v) is 3.21. The molecule has 2 aromatic carbocycles. The molecule has 0 aliphatic rings. The lowest BCUT2D eigenvalue weighted by atomic mass is 10.0. The van der Waals surface area contributed by atoms with Gasteiger partial charge in [0.2, 0.25) is 0 Å². The number of aromatic nitrogens is 1. The van der Waals surface area contributed by atoms with Crippen molar-refractivity contribution in [2.24, 2.45) is 5.73 Å². The number of primary amides is 1. The molecular formula is C21H24N4O3. The molecule has 1 unspecified atom stereocenters. The van der Waals surface area contributed by atoms with Crippen molar-refractivity contribution in [2.75, 3.05) is 33.1 Å². The van der Waals surface area contributed by atoms with Gasteiger partial charge in [-0.25, -0.2) is 0 Å². The molecule has 0 spiro atoms. The number of para-hydroxylation sites is 1. The normalized spacial score (nSPS) is 11.8. The number of fused-ring (bicyclic) bond motifs is 1. The van der Waals surface area contributed by atoms with Crippen molar-refractivity contribution in [3.63, 3.8) is 0 Å². The lowest BCUT2D eigenvalue weighted by Crippen LogP contribution is -2.24. The lowest BCUT2D eigenvalue weighted by Gasteiger charge is -2.22. The smallest absolute Gasteiger partial charge is 0.250 e. The van der Waals surface area contributed by atoms with Crippen LogP contribution in [-0.4, -0.2) is 38.7 Å². The highest BCUT2D eigenvalue weighted by atomic mass is 16.5. The second kappa shape index (κ2) is 8.58. The Morgan fingerprint density at radius 3 is 2.61 bits per heavy atom. The molecule has 0 fully saturated rings. The lowest BCUT2D eigenvalue weighted by molar-refractivity contribution is 0.100. The topological polar surface area (TPSA) is 98.5 Å². The highest BCUT2D eigenvalue weighted by Gasteiger charge is 2.16. The number of rotatable bonds is 8. The molecule has 0 radical (unpaired) electrons. The third-order valence-corrected chi connectivity index (χ3v) is 4.58. The van der Waals surface area contributed by atoms with Crippen LogP contribution < -0.4 is 25.8 Å². The summed E-state index contributed by atoms with van der Waals surface area (Å²) in [5.41, 5.74) is 8.37. The maximum absolute atomic E-state index is 11.7. The summed E-state index contributed by atoms with van der Waals surface area (Å²) in [6.07, 6.45) is 1.67. The number of nitrogens with zero attached hydrogens (tertiary/aromatic N) is 1. The monoisotopic (exact) mass is 380 g/mol. The van der Waals surface area contributed by atoms with Gasteiger partial charge >= 0.3 is 0 Å². The number of hydrogen-bond donors (Lipinski definition) is 3. The fourth-order valence-electron chi connectivity index (χ4n) is 3.21. The standard InChI is InChI=1S/C21H24N4O3/c1-23-12-17(13-7-8-18(27-2)19(11-13)28-3)25-16-9-10-24-20-14(16)5-4-6-15(20)21(22)26/h4-11,17,23H,12H2,1-3H3,(H2,22,26)(H,24,25). The van der Waals surface area contributed by atoms with E-state index >= 15 is 0 Å². The Kier molecular flexibility index (Phi) is 5.96. The van der Waals surface area contributed by atoms with Crippen molar-refractivity contribution >= 4 is 22.5 Å². The van der Waals surface area contributed by atoms with Crippen molar-refractivity contribution in [3.8, 4) is 11.5 Å². The van der Waals surface area contributed by atoms with Crippen molar-refractivity contribution in [1.29, 1.82) is 0 Å². The molecule has 4 N–H and O–H groups in total. The van der Waals surface area contributed by atoms with Crippen LogP contribution in [0.5, 0.6) is 11.5 Å². The van der Waals surface area contributed by atoms with Crippen LogP contribution in [-0.2, 0) is 0 Å². The number of carbonyl (C=O) groups excluding carboxylic acids is 1. The van der Waals surface area contributed by atoms with Crippen molar-refractivity contribution < 1.29 is 14.3 Å². The van der Waals surface area contributed by atoms with E-state index in [0.29, 0.717) is 29.1 Å². The van der Waals surface area contributed by atoms with Crippen molar-refractivity contribution in [3.05, 3.63) is 59.8 Å². The summed E-state index contributed by atoms with van der Waals surface area (Å²) in [7, 11) is 5.12. The van der Waals surface area contributed by atoms with Crippen molar-refractivity contribution in [2.45, 2.75) is 6.04 Å². The SMILES string of the molecule is CNCC(Nc1ccnc2c(C(N)=O)cccc12)c1ccc(OC)c(OC)c1. The van der Waals surface area contributed by atoms with Crippen molar-refractivity contribution in [1.82, 2.24) is 10.3 Å². The van der Waals surface area contributed by atoms with E-state index in [1.54, 1.807) is 32.5 Å². The van der Waals surface area contributed by atoms with Crippen LogP contribution in [0.25, 0.3) is 10.9 Å². The van der Waals surface area contributed by atoms with Gasteiger partial charge in [0, 0.05) is 23.8 Å². The minimum absolute atomic E-state index is 0.0485. The Bertz CT molecular complexity index is 991. The number of anilines is 1. The number of pyridine rings is 1. The zero-order valence-corrected chi connectivity index (χ0v) is 16.2. The summed E-state index contributed by atoms with van der Waals surface area (Å²) in [4.78, 5) is 16.1. The van der Waals surface area contributed by atoms with Crippen LogP contribution in [0.4, 0.5) is 5.69 Å². The molecule has 0 bridgehead atoms. The summed E-state index contributed by atoms with van der Waals surface area (Å²) in [6, 6.07) is 13.1. The first-order valence-electron chi connectivity index (χ1n) is 8.89. The first kappa shape index (κ1) is 19.4. The molecule has 1 amide bonds. The van der Waals surface area contributed by atoms with Gasteiger partial charge in [0.15, 0.2) is 11.5 Å². The summed E-state index contributed by atoms with van der Waals surface area (Å²) >= 11 is 0. The van der Waals surface area contributed by atoms with E-state index < -0.39 is 5.91 Å². The molecular weight excluding hydrogens is 356 g/mol. The number of carbonyl (C=O) groups is 1. The molecule has 0 aliphatic heterocycles. The Morgan fingerprint density at radius 2 is 1.93 bits per heavy atom. The van der Waals surface area contributed by atoms with Gasteiger partial charge in [-0.05, 0) is 36.9 Å². The van der Waals surface area contributed by atoms with E-state index in [9.17, 15) is 4.79 Å². The number of amides is 1. The average molecular weight is 380 g/mol. The third kappa shape index (κ3) is 3.84. The quantitative estimate of drug-likeness (QED) is 0.556. The molecule has 0 saturated heterocycles. The number of nitrogens with one attached hydrogen (secondary N) is 2. The molecule has 0 aliphatic carbocycles. The molecule has 7 nitrogen and oxygen atoms in total. The van der Waals surface area contributed by atoms with Gasteiger partial charge < -0.3 is 25.8 Å². The zero-order valence-electron chi connectivity index (χ0n) is 16.2. The molecule has 7 heteroatoms. The van der Waals surface area contributed by atoms with Crippen LogP contribution in [0.1, 0.15) is 22.0 Å². The number of hydrogen-bond acceptors (Lipinski definition) is 6. The van der Waals surface area contributed by atoms with Gasteiger partial charge in [0.05, 0.1) is 31.3 Å². The van der Waals surface area contributed by atoms with Gasteiger partial charge in [-0.3, -0.25) is 9.78 Å². The number of ether oxygens (including phenoxy) is 2. The number of likely N-dealkylation sites (N-methyl/N-ethyl adjacent to an activating group) is 1. The highest BCUT2D eigenvalue weighted by Crippen LogP contribution is 2.32. The largest absolute Gasteiger partial charge is 0.493 e. The van der Waals surface area contributed by atoms with Crippen LogP contribution in [0.3, 0.4) is 0 Å². The summed E-state index contributed by atoms with van der Waals surface area (Å²) in [5, 5.41) is 7.58. The molecule has 3 aromatic rings. The predicted molar refractivity (Wildman–Crippen MR) is 110 cm³/mol. The van der Waals surface area contributed by atoms with Gasteiger partial charge in [0.25, 0.3) is 5.91 Å². The fraction of sp³-hybridized carbons (Fsp3) is 0.238. The Hall–Kier alpha value is -3.32. The van der Waals surface area contributed by atoms with E-state index in [-0.39, 0.29) is 6.04 Å². The number of nitrogens with two attached hydrogens (primary N) is 1. The molecule has 146 valence electrons. The molecule has 1 atom stereocenters. The van der Waals surface area contributed by atoms with Gasteiger partial charge in [-0.2, -0.15) is 0 Å².